The van der Waals surface area contributed by atoms with Gasteiger partial charge >= 0.3 is 0 Å². The van der Waals surface area contributed by atoms with Gasteiger partial charge in [-0.05, 0) is 50.3 Å². The van der Waals surface area contributed by atoms with Crippen molar-refractivity contribution in [2.75, 3.05) is 18.2 Å². The summed E-state index contributed by atoms with van der Waals surface area (Å²) < 4.78 is 62.4. The highest BCUT2D eigenvalue weighted by molar-refractivity contribution is 7.90. The number of nitrogens with one attached hydrogen (secondary N) is 1. The van der Waals surface area contributed by atoms with E-state index in [-0.39, 0.29) is 29.4 Å². The van der Waals surface area contributed by atoms with E-state index >= 15 is 0 Å². The number of anilines is 1. The lowest BCUT2D eigenvalue weighted by molar-refractivity contribution is -0.139. The molecule has 4 atom stereocenters. The minimum atomic E-state index is -3.41. The number of amides is 1. The fraction of sp³-hybridized carbons (Fsp3) is 0.478. The molecule has 1 aromatic heterocycles. The van der Waals surface area contributed by atoms with Crippen LogP contribution in [-0.4, -0.2) is 50.3 Å². The lowest BCUT2D eigenvalue weighted by atomic mass is 9.98. The van der Waals surface area contributed by atoms with Gasteiger partial charge in [-0.1, -0.05) is 18.2 Å². The Morgan fingerprint density at radius 3 is 2.41 bits per heavy atom. The number of hydrogen-bond acceptors (Lipinski definition) is 7. The number of aromatic nitrogens is 1. The molecule has 7 nitrogen and oxygen atoms in total. The molecule has 2 aliphatic rings. The van der Waals surface area contributed by atoms with Crippen molar-refractivity contribution in [3.05, 3.63) is 47.0 Å². The molecule has 2 heterocycles. The molecule has 0 bridgehead atoms. The summed E-state index contributed by atoms with van der Waals surface area (Å²) in [5.74, 6) is -1.68. The zero-order valence-electron chi connectivity index (χ0n) is 19.0. The summed E-state index contributed by atoms with van der Waals surface area (Å²) in [5, 5.41) is 4.85. The van der Waals surface area contributed by atoms with Crippen LogP contribution in [0.25, 0.3) is 5.57 Å². The molecule has 1 N–H and O–H groups in total. The van der Waals surface area contributed by atoms with Crippen molar-refractivity contribution in [1.82, 2.24) is 4.98 Å². The topological polar surface area (TPSA) is 94.6 Å². The smallest absolute Gasteiger partial charge is 0.257 e. The minimum Gasteiger partial charge on any atom is -0.347 e. The largest absolute Gasteiger partial charge is 0.347 e. The molecule has 1 aliphatic carbocycles. The number of ether oxygens (including phenoxy) is 2. The Morgan fingerprint density at radius 2 is 1.85 bits per heavy atom. The Hall–Kier alpha value is -2.21. The second-order valence-electron chi connectivity index (χ2n) is 8.99. The average molecular weight is 513 g/mol. The monoisotopic (exact) mass is 512 g/mol. The summed E-state index contributed by atoms with van der Waals surface area (Å²) >= 11 is 1.22. The van der Waals surface area contributed by atoms with Crippen LogP contribution in [0, 0.1) is 5.92 Å². The molecule has 0 spiro atoms. The number of rotatable bonds is 6. The Morgan fingerprint density at radius 1 is 1.21 bits per heavy atom. The van der Waals surface area contributed by atoms with Crippen LogP contribution in [0.15, 0.2) is 40.6 Å². The highest BCUT2D eigenvalue weighted by atomic mass is 32.2. The van der Waals surface area contributed by atoms with Crippen LogP contribution in [-0.2, 0) is 24.1 Å². The summed E-state index contributed by atoms with van der Waals surface area (Å²) in [6, 6.07) is 5.82. The van der Waals surface area contributed by atoms with E-state index in [2.05, 4.69) is 10.3 Å². The highest BCUT2D eigenvalue weighted by Crippen LogP contribution is 2.36. The molecule has 4 rings (SSSR count). The third-order valence-corrected chi connectivity index (χ3v) is 7.67. The number of sulfone groups is 1. The van der Waals surface area contributed by atoms with E-state index in [1.165, 1.54) is 35.6 Å². The van der Waals surface area contributed by atoms with Gasteiger partial charge in [-0.2, -0.15) is 0 Å². The van der Waals surface area contributed by atoms with E-state index < -0.39 is 39.8 Å². The first-order chi connectivity index (χ1) is 15.9. The molecule has 1 saturated carbocycles. The van der Waals surface area contributed by atoms with E-state index in [0.29, 0.717) is 23.0 Å². The van der Waals surface area contributed by atoms with Gasteiger partial charge in [-0.25, -0.2) is 22.2 Å². The number of halogens is 2. The minimum absolute atomic E-state index is 0.0183. The predicted octanol–water partition coefficient (Wildman–Crippen LogP) is 4.48. The number of carbonyl (C=O) groups excluding carboxylic acids is 1. The molecular weight excluding hydrogens is 486 g/mol. The molecule has 1 aromatic carbocycles. The fourth-order valence-electron chi connectivity index (χ4n) is 4.02. The molecule has 11 heteroatoms. The Labute approximate surface area is 201 Å². The molecule has 1 saturated heterocycles. The summed E-state index contributed by atoms with van der Waals surface area (Å²) in [4.78, 5) is 17.7. The van der Waals surface area contributed by atoms with E-state index in [4.69, 9.17) is 9.47 Å². The van der Waals surface area contributed by atoms with E-state index in [9.17, 15) is 22.0 Å². The van der Waals surface area contributed by atoms with Crippen LogP contribution in [0.4, 0.5) is 13.9 Å². The normalized spacial score (nSPS) is 27.1. The Kier molecular flexibility index (Phi) is 6.92. The molecule has 0 radical (unpaired) electrons. The van der Waals surface area contributed by atoms with Crippen molar-refractivity contribution >= 4 is 37.8 Å². The van der Waals surface area contributed by atoms with Crippen molar-refractivity contribution < 1.29 is 31.5 Å². The quantitative estimate of drug-likeness (QED) is 0.574. The zero-order chi connectivity index (χ0) is 24.7. The number of allylic oxidation sites excluding steroid dienone is 1. The van der Waals surface area contributed by atoms with Gasteiger partial charge in [0.1, 0.15) is 18.4 Å². The van der Waals surface area contributed by atoms with Crippen LogP contribution in [0.2, 0.25) is 0 Å². The van der Waals surface area contributed by atoms with Crippen molar-refractivity contribution in [2.24, 2.45) is 5.92 Å². The van der Waals surface area contributed by atoms with Gasteiger partial charge in [0, 0.05) is 17.2 Å². The van der Waals surface area contributed by atoms with Crippen LogP contribution in [0.5, 0.6) is 0 Å². The highest BCUT2D eigenvalue weighted by Gasteiger charge is 2.36. The third kappa shape index (κ3) is 5.70. The fourth-order valence-corrected chi connectivity index (χ4v) is 5.39. The van der Waals surface area contributed by atoms with Crippen molar-refractivity contribution in [3.8, 4) is 0 Å². The summed E-state index contributed by atoms with van der Waals surface area (Å²) in [6.07, 6.45) is -0.882. The van der Waals surface area contributed by atoms with Gasteiger partial charge < -0.3 is 9.47 Å². The maximum atomic E-state index is 13.8. The summed E-state index contributed by atoms with van der Waals surface area (Å²) in [7, 11) is -3.41. The number of nitrogens with zero attached hydrogens (tertiary/aromatic N) is 1. The van der Waals surface area contributed by atoms with Crippen LogP contribution >= 0.6 is 11.3 Å². The summed E-state index contributed by atoms with van der Waals surface area (Å²) in [6.45, 7) is 3.96. The Bertz CT molecular complexity index is 1180. The third-order valence-electron chi connectivity index (χ3n) is 5.77. The predicted molar refractivity (Wildman–Crippen MR) is 125 cm³/mol. The summed E-state index contributed by atoms with van der Waals surface area (Å²) in [5.41, 5.74) is 1.27. The average Bonchev–Trinajstić information content (AvgIpc) is 3.44. The number of hydrogen-bond donors (Lipinski definition) is 1. The first-order valence-electron chi connectivity index (χ1n) is 10.8. The lowest BCUT2D eigenvalue weighted by Gasteiger charge is -2.16. The van der Waals surface area contributed by atoms with Crippen molar-refractivity contribution in [2.45, 2.75) is 55.8 Å². The number of thiazole rings is 1. The molecule has 2 aromatic rings. The second-order valence-corrected chi connectivity index (χ2v) is 11.9. The lowest BCUT2D eigenvalue weighted by Crippen LogP contribution is -2.19. The number of alkyl halides is 2. The van der Waals surface area contributed by atoms with Gasteiger partial charge in [-0.15, -0.1) is 11.3 Å². The Balaban J connectivity index is 1.57. The van der Waals surface area contributed by atoms with Crippen LogP contribution < -0.4 is 5.32 Å². The van der Waals surface area contributed by atoms with Crippen LogP contribution in [0.1, 0.15) is 44.1 Å². The molecule has 2 fully saturated rings. The maximum absolute atomic E-state index is 13.8. The SMILES string of the molecule is CC1(C)OCC(c2csc(NC(=O)/C(=C/[C@H]3C[C@@H](F)[C@@H](F)C3)c3ccc(S(C)(=O)=O)cc3)n2)O1. The van der Waals surface area contributed by atoms with E-state index in [1.54, 1.807) is 25.3 Å². The molecule has 1 unspecified atom stereocenters. The van der Waals surface area contributed by atoms with Crippen molar-refractivity contribution in [3.63, 3.8) is 0 Å². The van der Waals surface area contributed by atoms with E-state index in [1.807, 2.05) is 0 Å². The van der Waals surface area contributed by atoms with Crippen LogP contribution in [0.3, 0.4) is 0 Å². The van der Waals surface area contributed by atoms with Gasteiger partial charge in [0.15, 0.2) is 20.8 Å². The molecule has 34 heavy (non-hydrogen) atoms. The second kappa shape index (κ2) is 9.44. The van der Waals surface area contributed by atoms with Gasteiger partial charge in [0.2, 0.25) is 0 Å². The number of benzene rings is 1. The zero-order valence-corrected chi connectivity index (χ0v) is 20.6. The maximum Gasteiger partial charge on any atom is 0.257 e. The first kappa shape index (κ1) is 24.9. The molecule has 1 aliphatic heterocycles. The van der Waals surface area contributed by atoms with Gasteiger partial charge in [-0.3, -0.25) is 10.1 Å². The van der Waals surface area contributed by atoms with E-state index in [0.717, 1.165) is 6.26 Å². The number of carbonyl (C=O) groups is 1. The molecule has 184 valence electrons. The van der Waals surface area contributed by atoms with Crippen molar-refractivity contribution in [1.29, 1.82) is 0 Å². The molecular formula is C23H26F2N2O5S2. The van der Waals surface area contributed by atoms with Gasteiger partial charge in [0.25, 0.3) is 5.91 Å². The van der Waals surface area contributed by atoms with Gasteiger partial charge in [0.05, 0.1) is 17.2 Å². The first-order valence-corrected chi connectivity index (χ1v) is 13.6. The standard InChI is InChI=1S/C23H26F2N2O5S2/c1-23(2)31-11-20(32-23)19-12-33-22(26-19)27-21(28)16(8-13-9-17(24)18(25)10-13)14-4-6-15(7-5-14)34(3,29)30/h4-8,12-13,17-18,20H,9-11H2,1-3H3,(H,26,27,28)/b16-8+/t13-,17+,18-,20?. The molecule has 1 amide bonds.